The molecule has 3 aromatic carbocycles. The average Bonchev–Trinajstić information content (AvgIpc) is 2.94. The van der Waals surface area contributed by atoms with Gasteiger partial charge in [-0.2, -0.15) is 0 Å². The standard InChI is InChI=1S/C32H34ClFN2O5/c1-20-18-28(36(21(2)37)24-13-11-23(33)12-14-24)25-8-6-7-9-27(25)35(20)30(38)22-10-15-29(26(34)19-22)41-17-16-32(3,4)31(39)40-5/h6-15,19-20,28H,16-18H2,1-5H3/t20-,28?/m0/s1. The molecule has 9 heteroatoms. The normalized spacial score (nSPS) is 16.5. The van der Waals surface area contributed by atoms with Gasteiger partial charge in [-0.15, -0.1) is 0 Å². The van der Waals surface area contributed by atoms with Crippen LogP contribution in [0.2, 0.25) is 5.02 Å². The zero-order valence-electron chi connectivity index (χ0n) is 23.8. The third kappa shape index (κ3) is 6.38. The van der Waals surface area contributed by atoms with Gasteiger partial charge in [0.05, 0.1) is 25.2 Å². The molecule has 216 valence electrons. The molecule has 0 aliphatic carbocycles. The number of ether oxygens (including phenoxy) is 2. The number of fused-ring (bicyclic) bond motifs is 1. The number of amides is 2. The Hall–Kier alpha value is -3.91. The minimum Gasteiger partial charge on any atom is -0.490 e. The predicted octanol–water partition coefficient (Wildman–Crippen LogP) is 6.98. The monoisotopic (exact) mass is 580 g/mol. The second-order valence-corrected chi connectivity index (χ2v) is 11.3. The van der Waals surface area contributed by atoms with Crippen LogP contribution in [0.1, 0.15) is 62.5 Å². The Kier molecular flexibility index (Phi) is 9.02. The quantitative estimate of drug-likeness (QED) is 0.269. The summed E-state index contributed by atoms with van der Waals surface area (Å²) in [4.78, 5) is 41.9. The molecule has 2 amide bonds. The Morgan fingerprint density at radius 1 is 1.07 bits per heavy atom. The fourth-order valence-electron chi connectivity index (χ4n) is 5.20. The summed E-state index contributed by atoms with van der Waals surface area (Å²) in [6.07, 6.45) is 0.807. The second-order valence-electron chi connectivity index (χ2n) is 10.8. The van der Waals surface area contributed by atoms with E-state index in [1.807, 2.05) is 31.2 Å². The average molecular weight is 581 g/mol. The van der Waals surface area contributed by atoms with E-state index in [1.165, 1.54) is 32.2 Å². The lowest BCUT2D eigenvalue weighted by Gasteiger charge is -2.43. The van der Waals surface area contributed by atoms with Gasteiger partial charge < -0.3 is 19.3 Å². The van der Waals surface area contributed by atoms with Gasteiger partial charge in [-0.05, 0) is 87.7 Å². The minimum absolute atomic E-state index is 0.00515. The van der Waals surface area contributed by atoms with Crippen LogP contribution in [0, 0.1) is 11.2 Å². The van der Waals surface area contributed by atoms with Crippen molar-refractivity contribution in [3.63, 3.8) is 0 Å². The number of halogens is 2. The molecular weight excluding hydrogens is 547 g/mol. The third-order valence-corrected chi connectivity index (χ3v) is 7.69. The number of carbonyl (C=O) groups is 3. The van der Waals surface area contributed by atoms with E-state index in [0.717, 1.165) is 5.56 Å². The van der Waals surface area contributed by atoms with Crippen LogP contribution in [0.3, 0.4) is 0 Å². The molecule has 1 aliphatic rings. The molecule has 7 nitrogen and oxygen atoms in total. The van der Waals surface area contributed by atoms with Gasteiger partial charge in [-0.25, -0.2) is 4.39 Å². The summed E-state index contributed by atoms with van der Waals surface area (Å²) < 4.78 is 25.4. The van der Waals surface area contributed by atoms with E-state index in [9.17, 15) is 14.4 Å². The SMILES string of the molecule is COC(=O)C(C)(C)CCOc1ccc(C(=O)N2c3ccccc3C(N(C(C)=O)c3ccc(Cl)cc3)C[C@@H]2C)cc1F. The third-order valence-electron chi connectivity index (χ3n) is 7.44. The largest absolute Gasteiger partial charge is 0.490 e. The molecule has 4 rings (SSSR count). The maximum absolute atomic E-state index is 15.0. The topological polar surface area (TPSA) is 76.2 Å². The highest BCUT2D eigenvalue weighted by atomic mass is 35.5. The molecule has 41 heavy (non-hydrogen) atoms. The smallest absolute Gasteiger partial charge is 0.311 e. The first-order valence-corrected chi connectivity index (χ1v) is 13.8. The van der Waals surface area contributed by atoms with Gasteiger partial charge in [0, 0.05) is 34.9 Å². The Bertz CT molecular complexity index is 1440. The summed E-state index contributed by atoms with van der Waals surface area (Å²) in [5.74, 6) is -1.55. The lowest BCUT2D eigenvalue weighted by molar-refractivity contribution is -0.151. The van der Waals surface area contributed by atoms with Crippen molar-refractivity contribution in [2.75, 3.05) is 23.5 Å². The summed E-state index contributed by atoms with van der Waals surface area (Å²) in [5, 5.41) is 0.570. The van der Waals surface area contributed by atoms with E-state index >= 15 is 4.39 Å². The molecule has 0 saturated carbocycles. The maximum Gasteiger partial charge on any atom is 0.311 e. The Morgan fingerprint density at radius 3 is 2.39 bits per heavy atom. The number of para-hydroxylation sites is 1. The molecule has 0 bridgehead atoms. The van der Waals surface area contributed by atoms with Crippen molar-refractivity contribution < 1.29 is 28.2 Å². The van der Waals surface area contributed by atoms with Gasteiger partial charge in [0.2, 0.25) is 5.91 Å². The fraction of sp³-hybridized carbons (Fsp3) is 0.344. The van der Waals surface area contributed by atoms with Gasteiger partial charge in [-0.1, -0.05) is 29.8 Å². The molecule has 0 saturated heterocycles. The number of methoxy groups -OCH3 is 1. The number of benzene rings is 3. The summed E-state index contributed by atoms with van der Waals surface area (Å²) in [6, 6.07) is 18.1. The molecule has 0 spiro atoms. The summed E-state index contributed by atoms with van der Waals surface area (Å²) in [6.45, 7) is 6.99. The van der Waals surface area contributed by atoms with Crippen LogP contribution in [0.15, 0.2) is 66.7 Å². The zero-order valence-corrected chi connectivity index (χ0v) is 24.6. The summed E-state index contributed by atoms with van der Waals surface area (Å²) in [5.41, 5.74) is 1.58. The van der Waals surface area contributed by atoms with Crippen LogP contribution >= 0.6 is 11.6 Å². The van der Waals surface area contributed by atoms with Gasteiger partial charge in [0.25, 0.3) is 5.91 Å². The molecular formula is C32H34ClFN2O5. The predicted molar refractivity (Wildman–Crippen MR) is 157 cm³/mol. The molecule has 3 aromatic rings. The van der Waals surface area contributed by atoms with Crippen LogP contribution in [0.25, 0.3) is 0 Å². The summed E-state index contributed by atoms with van der Waals surface area (Å²) in [7, 11) is 1.32. The van der Waals surface area contributed by atoms with Crippen molar-refractivity contribution in [3.8, 4) is 5.75 Å². The summed E-state index contributed by atoms with van der Waals surface area (Å²) >= 11 is 6.08. The van der Waals surface area contributed by atoms with E-state index in [0.29, 0.717) is 29.2 Å². The molecule has 1 heterocycles. The molecule has 0 radical (unpaired) electrons. The number of hydrogen-bond donors (Lipinski definition) is 0. The van der Waals surface area contributed by atoms with Crippen molar-refractivity contribution in [3.05, 3.63) is 88.7 Å². The van der Waals surface area contributed by atoms with E-state index < -0.39 is 11.2 Å². The highest BCUT2D eigenvalue weighted by molar-refractivity contribution is 6.30. The van der Waals surface area contributed by atoms with E-state index in [4.69, 9.17) is 21.1 Å². The number of anilines is 2. The van der Waals surface area contributed by atoms with Crippen LogP contribution in [0.5, 0.6) is 5.75 Å². The zero-order chi connectivity index (χ0) is 29.9. The highest BCUT2D eigenvalue weighted by Gasteiger charge is 2.38. The van der Waals surface area contributed by atoms with Gasteiger partial charge >= 0.3 is 5.97 Å². The molecule has 0 fully saturated rings. The van der Waals surface area contributed by atoms with Crippen molar-refractivity contribution in [2.24, 2.45) is 5.41 Å². The molecule has 0 N–H and O–H groups in total. The number of nitrogens with zero attached hydrogens (tertiary/aromatic N) is 2. The number of hydrogen-bond acceptors (Lipinski definition) is 5. The Morgan fingerprint density at radius 2 is 1.76 bits per heavy atom. The fourth-order valence-corrected chi connectivity index (χ4v) is 5.33. The lowest BCUT2D eigenvalue weighted by Crippen LogP contribution is -2.47. The van der Waals surface area contributed by atoms with E-state index in [1.54, 1.807) is 47.9 Å². The molecule has 2 atom stereocenters. The van der Waals surface area contributed by atoms with Crippen molar-refractivity contribution >= 4 is 40.8 Å². The Labute approximate surface area is 244 Å². The first kappa shape index (κ1) is 30.1. The number of esters is 1. The Balaban J connectivity index is 1.58. The van der Waals surface area contributed by atoms with Crippen molar-refractivity contribution in [1.29, 1.82) is 0 Å². The van der Waals surface area contributed by atoms with Gasteiger partial charge in [0.15, 0.2) is 11.6 Å². The second kappa shape index (κ2) is 12.3. The highest BCUT2D eigenvalue weighted by Crippen LogP contribution is 2.43. The van der Waals surface area contributed by atoms with Crippen molar-refractivity contribution in [2.45, 2.75) is 52.6 Å². The van der Waals surface area contributed by atoms with Gasteiger partial charge in [0.1, 0.15) is 0 Å². The molecule has 1 aliphatic heterocycles. The molecule has 1 unspecified atom stereocenters. The molecule has 0 aromatic heterocycles. The maximum atomic E-state index is 15.0. The van der Waals surface area contributed by atoms with E-state index in [2.05, 4.69) is 0 Å². The van der Waals surface area contributed by atoms with Crippen LogP contribution < -0.4 is 14.5 Å². The number of rotatable bonds is 8. The minimum atomic E-state index is -0.775. The van der Waals surface area contributed by atoms with E-state index in [-0.39, 0.29) is 47.8 Å². The van der Waals surface area contributed by atoms with Crippen LogP contribution in [0.4, 0.5) is 15.8 Å². The first-order chi connectivity index (χ1) is 19.4. The van der Waals surface area contributed by atoms with Gasteiger partial charge in [-0.3, -0.25) is 14.4 Å². The lowest BCUT2D eigenvalue weighted by atomic mass is 9.89. The van der Waals surface area contributed by atoms with Crippen LogP contribution in [-0.4, -0.2) is 37.5 Å². The number of carbonyl (C=O) groups excluding carboxylic acids is 3. The van der Waals surface area contributed by atoms with Crippen LogP contribution in [-0.2, 0) is 14.3 Å². The first-order valence-electron chi connectivity index (χ1n) is 13.4. The van der Waals surface area contributed by atoms with Crippen molar-refractivity contribution in [1.82, 2.24) is 0 Å².